The fraction of sp³-hybridized carbons (Fsp3) is 0.667. The summed E-state index contributed by atoms with van der Waals surface area (Å²) in [4.78, 5) is 7.46. The number of hydrogen-bond acceptors (Lipinski definition) is 7. The zero-order valence-corrected chi connectivity index (χ0v) is 11.0. The second kappa shape index (κ2) is 8.25. The summed E-state index contributed by atoms with van der Waals surface area (Å²) < 4.78 is 27.0. The van der Waals surface area contributed by atoms with Gasteiger partial charge in [0.05, 0.1) is 30.8 Å². The van der Waals surface area contributed by atoms with E-state index in [-0.39, 0.29) is 17.8 Å². The first kappa shape index (κ1) is 17.8. The van der Waals surface area contributed by atoms with Gasteiger partial charge in [0.25, 0.3) is 0 Å². The number of rotatable bonds is 8. The summed E-state index contributed by atoms with van der Waals surface area (Å²) in [5.74, 6) is 0. The summed E-state index contributed by atoms with van der Waals surface area (Å²) in [5, 5.41) is 45.2. The molecule has 0 amide bonds. The Balaban J connectivity index is 2.80. The molecule has 1 rings (SSSR count). The summed E-state index contributed by atoms with van der Waals surface area (Å²) in [6.45, 7) is -1.63. The quantitative estimate of drug-likeness (QED) is 0.393. The van der Waals surface area contributed by atoms with E-state index in [2.05, 4.69) is 9.97 Å². The average molecular weight is 308 g/mol. The molecule has 0 aromatic carbocycles. The fourth-order valence-electron chi connectivity index (χ4n) is 1.59. The maximum Gasteiger partial charge on any atom is 0.160 e. The second-order valence-electron chi connectivity index (χ2n) is 4.54. The van der Waals surface area contributed by atoms with Crippen LogP contribution in [0.25, 0.3) is 0 Å². The highest BCUT2D eigenvalue weighted by Crippen LogP contribution is 2.20. The van der Waals surface area contributed by atoms with Gasteiger partial charge in [-0.2, -0.15) is 0 Å². The highest BCUT2D eigenvalue weighted by molar-refractivity contribution is 5.09. The van der Waals surface area contributed by atoms with Crippen LogP contribution in [0.15, 0.2) is 12.4 Å². The van der Waals surface area contributed by atoms with Crippen LogP contribution in [0.5, 0.6) is 0 Å². The van der Waals surface area contributed by atoms with Gasteiger partial charge in [0.1, 0.15) is 24.5 Å². The summed E-state index contributed by atoms with van der Waals surface area (Å²) in [6, 6.07) is 0. The van der Waals surface area contributed by atoms with Crippen LogP contribution in [0, 0.1) is 0 Å². The molecule has 0 fully saturated rings. The van der Waals surface area contributed by atoms with Gasteiger partial charge in [0.15, 0.2) is 6.17 Å². The number of aliphatic hydroxyl groups excluding tert-OH is 5. The largest absolute Gasteiger partial charge is 0.394 e. The van der Waals surface area contributed by atoms with Crippen molar-refractivity contribution in [3.63, 3.8) is 0 Å². The van der Waals surface area contributed by atoms with Crippen molar-refractivity contribution >= 4 is 0 Å². The zero-order valence-electron chi connectivity index (χ0n) is 11.0. The molecule has 0 bridgehead atoms. The second-order valence-corrected chi connectivity index (χ2v) is 4.54. The van der Waals surface area contributed by atoms with Crippen LogP contribution in [0.1, 0.15) is 17.5 Å². The van der Waals surface area contributed by atoms with Crippen LogP contribution in [0.2, 0.25) is 0 Å². The Bertz CT molecular complexity index is 440. The van der Waals surface area contributed by atoms with Gasteiger partial charge in [-0.25, -0.2) is 8.78 Å². The molecule has 1 aromatic rings. The SMILES string of the molecule is OCC(O)C(F)Cc1cncc(C(O)C(F)C(O)CO)n1. The summed E-state index contributed by atoms with van der Waals surface area (Å²) >= 11 is 0. The van der Waals surface area contributed by atoms with Gasteiger partial charge in [-0.1, -0.05) is 0 Å². The number of aliphatic hydroxyl groups is 5. The molecule has 0 spiro atoms. The van der Waals surface area contributed by atoms with Crippen molar-refractivity contribution in [3.8, 4) is 0 Å². The van der Waals surface area contributed by atoms with Gasteiger partial charge in [-0.05, 0) is 0 Å². The first-order valence-electron chi connectivity index (χ1n) is 6.25. The van der Waals surface area contributed by atoms with Crippen molar-refractivity contribution < 1.29 is 34.3 Å². The molecule has 0 radical (unpaired) electrons. The van der Waals surface area contributed by atoms with Crippen LogP contribution in [0.4, 0.5) is 8.78 Å². The smallest absolute Gasteiger partial charge is 0.160 e. The van der Waals surface area contributed by atoms with Gasteiger partial charge in [0.2, 0.25) is 0 Å². The van der Waals surface area contributed by atoms with E-state index in [1.165, 1.54) is 6.20 Å². The number of alkyl halides is 2. The monoisotopic (exact) mass is 308 g/mol. The van der Waals surface area contributed by atoms with Crippen molar-refractivity contribution in [3.05, 3.63) is 23.8 Å². The molecule has 5 atom stereocenters. The highest BCUT2D eigenvalue weighted by atomic mass is 19.1. The first-order valence-corrected chi connectivity index (χ1v) is 6.25. The molecule has 0 saturated carbocycles. The van der Waals surface area contributed by atoms with Crippen LogP contribution in [0.3, 0.4) is 0 Å². The van der Waals surface area contributed by atoms with Crippen LogP contribution >= 0.6 is 0 Å². The minimum absolute atomic E-state index is 0.0391. The van der Waals surface area contributed by atoms with Gasteiger partial charge in [-0.15, -0.1) is 0 Å². The van der Waals surface area contributed by atoms with Gasteiger partial charge < -0.3 is 25.5 Å². The number of nitrogens with zero attached hydrogens (tertiary/aromatic N) is 2. The lowest BCUT2D eigenvalue weighted by atomic mass is 10.1. The lowest BCUT2D eigenvalue weighted by molar-refractivity contribution is -0.0368. The summed E-state index contributed by atoms with van der Waals surface area (Å²) in [7, 11) is 0. The minimum atomic E-state index is -2.18. The molecule has 5 unspecified atom stereocenters. The molecule has 0 aliphatic carbocycles. The molecule has 120 valence electrons. The van der Waals surface area contributed by atoms with Gasteiger partial charge >= 0.3 is 0 Å². The normalized spacial score (nSPS) is 18.8. The molecule has 9 heteroatoms. The number of hydrogen-bond donors (Lipinski definition) is 5. The highest BCUT2D eigenvalue weighted by Gasteiger charge is 2.29. The van der Waals surface area contributed by atoms with E-state index in [9.17, 15) is 13.9 Å². The van der Waals surface area contributed by atoms with Crippen molar-refractivity contribution in [2.24, 2.45) is 0 Å². The van der Waals surface area contributed by atoms with E-state index in [0.717, 1.165) is 6.20 Å². The maximum absolute atomic E-state index is 13.6. The van der Waals surface area contributed by atoms with E-state index >= 15 is 0 Å². The molecule has 7 nitrogen and oxygen atoms in total. The van der Waals surface area contributed by atoms with Crippen molar-refractivity contribution in [2.45, 2.75) is 37.1 Å². The Morgan fingerprint density at radius 1 is 1.00 bits per heavy atom. The third-order valence-corrected chi connectivity index (χ3v) is 2.87. The fourth-order valence-corrected chi connectivity index (χ4v) is 1.59. The summed E-state index contributed by atoms with van der Waals surface area (Å²) in [5.41, 5.74) is -0.199. The Labute approximate surface area is 119 Å². The van der Waals surface area contributed by atoms with Crippen molar-refractivity contribution in [1.29, 1.82) is 0 Å². The molecular formula is C12H18F2N2O5. The van der Waals surface area contributed by atoms with Crippen LogP contribution in [-0.4, -0.2) is 73.3 Å². The zero-order chi connectivity index (χ0) is 16.0. The predicted molar refractivity (Wildman–Crippen MR) is 66.7 cm³/mol. The molecule has 21 heavy (non-hydrogen) atoms. The third kappa shape index (κ3) is 4.90. The van der Waals surface area contributed by atoms with Crippen molar-refractivity contribution in [1.82, 2.24) is 9.97 Å². The molecule has 5 N–H and O–H groups in total. The van der Waals surface area contributed by atoms with Gasteiger partial charge in [0, 0.05) is 12.6 Å². The van der Waals surface area contributed by atoms with E-state index in [4.69, 9.17) is 20.4 Å². The predicted octanol–water partition coefficient (Wildman–Crippen LogP) is -1.56. The Morgan fingerprint density at radius 2 is 1.62 bits per heavy atom. The van der Waals surface area contributed by atoms with Crippen molar-refractivity contribution in [2.75, 3.05) is 13.2 Å². The lowest BCUT2D eigenvalue weighted by Gasteiger charge is -2.19. The molecular weight excluding hydrogens is 290 g/mol. The van der Waals surface area contributed by atoms with Crippen LogP contribution in [-0.2, 0) is 6.42 Å². The molecule has 0 saturated heterocycles. The minimum Gasteiger partial charge on any atom is -0.394 e. The molecule has 1 aromatic heterocycles. The topological polar surface area (TPSA) is 127 Å². The number of aromatic nitrogens is 2. The standard InChI is InChI=1S/C12H18F2N2O5/c13-7(9(19)4-17)1-6-2-15-3-8(16-6)12(21)11(14)10(20)5-18/h2-3,7,9-12,17-21H,1,4-5H2. The third-order valence-electron chi connectivity index (χ3n) is 2.87. The van der Waals surface area contributed by atoms with Crippen LogP contribution < -0.4 is 0 Å². The maximum atomic E-state index is 13.6. The molecule has 1 heterocycles. The van der Waals surface area contributed by atoms with E-state index in [1.807, 2.05) is 0 Å². The van der Waals surface area contributed by atoms with Gasteiger partial charge in [-0.3, -0.25) is 9.97 Å². The average Bonchev–Trinajstić information content (AvgIpc) is 2.51. The van der Waals surface area contributed by atoms with E-state index in [1.54, 1.807) is 0 Å². The lowest BCUT2D eigenvalue weighted by Crippen LogP contribution is -2.32. The molecule has 0 aliphatic heterocycles. The Morgan fingerprint density at radius 3 is 2.19 bits per heavy atom. The first-order chi connectivity index (χ1) is 9.90. The Hall–Kier alpha value is -1.26. The van der Waals surface area contributed by atoms with E-state index < -0.39 is 43.9 Å². The van der Waals surface area contributed by atoms with E-state index in [0.29, 0.717) is 0 Å². The number of halogens is 2. The Kier molecular flexibility index (Phi) is 6.99. The summed E-state index contributed by atoms with van der Waals surface area (Å²) in [6.07, 6.45) is -7.33. The molecule has 0 aliphatic rings.